The summed E-state index contributed by atoms with van der Waals surface area (Å²) in [7, 11) is -3.71. The molecular weight excluding hydrogens is 345 g/mol. The van der Waals surface area contributed by atoms with Gasteiger partial charge in [-0.1, -0.05) is 34.1 Å². The summed E-state index contributed by atoms with van der Waals surface area (Å²) < 4.78 is 40.3. The first-order chi connectivity index (χ1) is 9.44. The third-order valence-electron chi connectivity index (χ3n) is 2.90. The molecular formula is C14H13BrFNO2S. The first-order valence-electron chi connectivity index (χ1n) is 5.87. The fourth-order valence-corrected chi connectivity index (χ4v) is 3.18. The lowest BCUT2D eigenvalue weighted by atomic mass is 10.2. The summed E-state index contributed by atoms with van der Waals surface area (Å²) in [6.45, 7) is 1.53. The topological polar surface area (TPSA) is 46.2 Å². The van der Waals surface area contributed by atoms with Gasteiger partial charge in [-0.2, -0.15) is 0 Å². The van der Waals surface area contributed by atoms with Crippen molar-refractivity contribution in [2.75, 3.05) is 4.72 Å². The van der Waals surface area contributed by atoms with Crippen molar-refractivity contribution in [1.29, 1.82) is 0 Å². The molecule has 0 aliphatic heterocycles. The molecule has 0 saturated carbocycles. The molecule has 0 aromatic heterocycles. The minimum absolute atomic E-state index is 0.144. The number of rotatable bonds is 4. The number of halogens is 2. The SMILES string of the molecule is Cc1c(F)cccc1NS(=O)(=O)c1ccc(CBr)cc1. The van der Waals surface area contributed by atoms with Crippen LogP contribution in [0.15, 0.2) is 47.4 Å². The lowest BCUT2D eigenvalue weighted by Gasteiger charge is -2.11. The van der Waals surface area contributed by atoms with Crippen LogP contribution in [-0.2, 0) is 15.4 Å². The molecule has 0 amide bonds. The van der Waals surface area contributed by atoms with E-state index >= 15 is 0 Å². The average Bonchev–Trinajstić information content (AvgIpc) is 2.44. The van der Waals surface area contributed by atoms with Crippen LogP contribution in [-0.4, -0.2) is 8.42 Å². The molecule has 20 heavy (non-hydrogen) atoms. The molecule has 0 saturated heterocycles. The molecule has 0 radical (unpaired) electrons. The first kappa shape index (κ1) is 15.0. The Morgan fingerprint density at radius 3 is 2.40 bits per heavy atom. The van der Waals surface area contributed by atoms with Crippen LogP contribution in [0, 0.1) is 12.7 Å². The van der Waals surface area contributed by atoms with Gasteiger partial charge >= 0.3 is 0 Å². The van der Waals surface area contributed by atoms with Gasteiger partial charge in [-0.3, -0.25) is 4.72 Å². The maximum atomic E-state index is 13.4. The summed E-state index contributed by atoms with van der Waals surface area (Å²) in [5.41, 5.74) is 1.49. The number of benzene rings is 2. The van der Waals surface area contributed by atoms with Crippen molar-refractivity contribution in [2.24, 2.45) is 0 Å². The van der Waals surface area contributed by atoms with Gasteiger partial charge in [0, 0.05) is 10.9 Å². The molecule has 0 atom stereocenters. The monoisotopic (exact) mass is 357 g/mol. The van der Waals surface area contributed by atoms with Crippen LogP contribution in [0.25, 0.3) is 0 Å². The van der Waals surface area contributed by atoms with Crippen molar-refractivity contribution in [3.8, 4) is 0 Å². The van der Waals surface area contributed by atoms with E-state index in [1.165, 1.54) is 37.3 Å². The van der Waals surface area contributed by atoms with Gasteiger partial charge in [-0.15, -0.1) is 0 Å². The Labute approximate surface area is 126 Å². The van der Waals surface area contributed by atoms with Crippen LogP contribution in [0.3, 0.4) is 0 Å². The predicted molar refractivity (Wildman–Crippen MR) is 81.0 cm³/mol. The van der Waals surface area contributed by atoms with Crippen LogP contribution >= 0.6 is 15.9 Å². The molecule has 6 heteroatoms. The zero-order chi connectivity index (χ0) is 14.8. The smallest absolute Gasteiger partial charge is 0.261 e. The molecule has 0 spiro atoms. The number of sulfonamides is 1. The van der Waals surface area contributed by atoms with Gasteiger partial charge in [0.05, 0.1) is 10.6 Å². The summed E-state index contributed by atoms with van der Waals surface area (Å²) >= 11 is 3.30. The average molecular weight is 358 g/mol. The highest BCUT2D eigenvalue weighted by Gasteiger charge is 2.16. The van der Waals surface area contributed by atoms with Gasteiger partial charge < -0.3 is 0 Å². The second-order valence-corrected chi connectivity index (χ2v) is 6.54. The Kier molecular flexibility index (Phi) is 4.45. The van der Waals surface area contributed by atoms with Crippen molar-refractivity contribution in [2.45, 2.75) is 17.1 Å². The van der Waals surface area contributed by atoms with E-state index in [1.807, 2.05) is 0 Å². The van der Waals surface area contributed by atoms with E-state index in [0.717, 1.165) is 5.56 Å². The zero-order valence-corrected chi connectivity index (χ0v) is 13.1. The molecule has 2 rings (SSSR count). The minimum Gasteiger partial charge on any atom is -0.279 e. The Morgan fingerprint density at radius 1 is 1.15 bits per heavy atom. The predicted octanol–water partition coefficient (Wildman–Crippen LogP) is 3.83. The summed E-state index contributed by atoms with van der Waals surface area (Å²) in [4.78, 5) is 0.144. The van der Waals surface area contributed by atoms with Crippen molar-refractivity contribution < 1.29 is 12.8 Å². The van der Waals surface area contributed by atoms with E-state index in [2.05, 4.69) is 20.7 Å². The lowest BCUT2D eigenvalue weighted by Crippen LogP contribution is -2.14. The molecule has 0 heterocycles. The van der Waals surface area contributed by atoms with Crippen molar-refractivity contribution in [1.82, 2.24) is 0 Å². The van der Waals surface area contributed by atoms with E-state index < -0.39 is 15.8 Å². The Hall–Kier alpha value is -1.40. The summed E-state index contributed by atoms with van der Waals surface area (Å²) in [5, 5.41) is 0.657. The van der Waals surface area contributed by atoms with E-state index in [9.17, 15) is 12.8 Å². The molecule has 1 N–H and O–H groups in total. The highest BCUT2D eigenvalue weighted by molar-refractivity contribution is 9.08. The van der Waals surface area contributed by atoms with Crippen LogP contribution in [0.2, 0.25) is 0 Å². The normalized spacial score (nSPS) is 11.3. The molecule has 0 bridgehead atoms. The summed E-state index contributed by atoms with van der Waals surface area (Å²) in [5.74, 6) is -0.445. The van der Waals surface area contributed by atoms with Crippen molar-refractivity contribution >= 4 is 31.6 Å². The number of hydrogen-bond acceptors (Lipinski definition) is 2. The standard InChI is InChI=1S/C14H13BrFNO2S/c1-10-13(16)3-2-4-14(10)17-20(18,19)12-7-5-11(9-15)6-8-12/h2-8,17H,9H2,1H3. The molecule has 106 valence electrons. The molecule has 0 aliphatic rings. The first-order valence-corrected chi connectivity index (χ1v) is 8.47. The van der Waals surface area contributed by atoms with Crippen LogP contribution in [0.4, 0.5) is 10.1 Å². The van der Waals surface area contributed by atoms with Crippen LogP contribution < -0.4 is 4.72 Å². The molecule has 0 aliphatic carbocycles. The quantitative estimate of drug-likeness (QED) is 0.845. The van der Waals surface area contributed by atoms with Crippen molar-refractivity contribution in [3.05, 3.63) is 59.4 Å². The minimum atomic E-state index is -3.71. The highest BCUT2D eigenvalue weighted by Crippen LogP contribution is 2.22. The molecule has 2 aromatic carbocycles. The second kappa shape index (κ2) is 5.93. The largest absolute Gasteiger partial charge is 0.279 e. The Balaban J connectivity index is 2.33. The molecule has 0 unspecified atom stereocenters. The second-order valence-electron chi connectivity index (χ2n) is 4.30. The van der Waals surface area contributed by atoms with Gasteiger partial charge in [0.1, 0.15) is 5.82 Å². The number of nitrogens with one attached hydrogen (secondary N) is 1. The van der Waals surface area contributed by atoms with Gasteiger partial charge in [0.15, 0.2) is 0 Å². The number of hydrogen-bond donors (Lipinski definition) is 1. The van der Waals surface area contributed by atoms with E-state index in [-0.39, 0.29) is 16.1 Å². The van der Waals surface area contributed by atoms with Gasteiger partial charge in [-0.05, 0) is 36.8 Å². The van der Waals surface area contributed by atoms with Crippen LogP contribution in [0.5, 0.6) is 0 Å². The summed E-state index contributed by atoms with van der Waals surface area (Å²) in [6, 6.07) is 10.8. The number of anilines is 1. The fourth-order valence-electron chi connectivity index (χ4n) is 1.68. The fraction of sp³-hybridized carbons (Fsp3) is 0.143. The zero-order valence-electron chi connectivity index (χ0n) is 10.7. The van der Waals surface area contributed by atoms with E-state index in [4.69, 9.17) is 0 Å². The number of alkyl halides is 1. The third-order valence-corrected chi connectivity index (χ3v) is 4.93. The Morgan fingerprint density at radius 2 is 1.80 bits per heavy atom. The van der Waals surface area contributed by atoms with Crippen LogP contribution in [0.1, 0.15) is 11.1 Å². The lowest BCUT2D eigenvalue weighted by molar-refractivity contribution is 0.600. The maximum Gasteiger partial charge on any atom is 0.261 e. The molecule has 3 nitrogen and oxygen atoms in total. The van der Waals surface area contributed by atoms with Gasteiger partial charge in [0.25, 0.3) is 10.0 Å². The highest BCUT2D eigenvalue weighted by atomic mass is 79.9. The third kappa shape index (κ3) is 3.19. The molecule has 2 aromatic rings. The summed E-state index contributed by atoms with van der Waals surface area (Å²) in [6.07, 6.45) is 0. The molecule has 0 fully saturated rings. The van der Waals surface area contributed by atoms with E-state index in [1.54, 1.807) is 12.1 Å². The maximum absolute atomic E-state index is 13.4. The van der Waals surface area contributed by atoms with Gasteiger partial charge in [-0.25, -0.2) is 12.8 Å². The van der Waals surface area contributed by atoms with Gasteiger partial charge in [0.2, 0.25) is 0 Å². The Bertz CT molecular complexity index is 714. The van der Waals surface area contributed by atoms with Crippen molar-refractivity contribution in [3.63, 3.8) is 0 Å². The van der Waals surface area contributed by atoms with E-state index in [0.29, 0.717) is 5.33 Å².